The Morgan fingerprint density at radius 3 is 1.93 bits per heavy atom. The Bertz CT molecular complexity index is 89.4. The van der Waals surface area contributed by atoms with Crippen molar-refractivity contribution in [3.8, 4) is 0 Å². The van der Waals surface area contributed by atoms with Crippen LogP contribution in [0.4, 0.5) is 0 Å². The van der Waals surface area contributed by atoms with Crippen LogP contribution in [0.15, 0.2) is 0 Å². The minimum Gasteiger partial charge on any atom is -0.0928 e. The summed E-state index contributed by atoms with van der Waals surface area (Å²) < 4.78 is 0. The first-order valence-electron chi connectivity index (χ1n) is 6.37. The van der Waals surface area contributed by atoms with Crippen LogP contribution in [0.25, 0.3) is 0 Å². The molecular weight excluding hydrogens is 236 g/mol. The molecule has 0 aliphatic rings. The Kier molecular flexibility index (Phi) is 12.0. The summed E-state index contributed by atoms with van der Waals surface area (Å²) in [7, 11) is 0. The second kappa shape index (κ2) is 11.6. The second-order valence-corrected chi connectivity index (χ2v) is 5.29. The summed E-state index contributed by atoms with van der Waals surface area (Å²) in [5, 5.41) is 1.18. The van der Waals surface area contributed by atoms with Crippen molar-refractivity contribution in [2.24, 2.45) is 5.92 Å². The van der Waals surface area contributed by atoms with Crippen molar-refractivity contribution in [1.29, 1.82) is 0 Å². The summed E-state index contributed by atoms with van der Waals surface area (Å²) in [4.78, 5) is 0. The Hall–Kier alpha value is 0.480. The molecule has 0 bridgehead atoms. The molecule has 0 nitrogen and oxygen atoms in total. The minimum absolute atomic E-state index is 0.960. The first-order valence-corrected chi connectivity index (χ1v) is 7.49. The number of unbranched alkanes of at least 4 members (excludes halogenated alkanes) is 5. The van der Waals surface area contributed by atoms with Gasteiger partial charge in [-0.25, -0.2) is 0 Å². The maximum atomic E-state index is 3.48. The fourth-order valence-corrected chi connectivity index (χ4v) is 2.22. The number of hydrogen-bond donors (Lipinski definition) is 0. The lowest BCUT2D eigenvalue weighted by Gasteiger charge is -2.10. The zero-order valence-corrected chi connectivity index (χ0v) is 11.6. The predicted molar refractivity (Wildman–Crippen MR) is 70.2 cm³/mol. The molecule has 0 aliphatic heterocycles. The lowest BCUT2D eigenvalue weighted by Crippen LogP contribution is -1.95. The predicted octanol–water partition coefficient (Wildman–Crippen LogP) is 5.55. The lowest BCUT2D eigenvalue weighted by molar-refractivity contribution is 0.440. The molecule has 0 saturated carbocycles. The van der Waals surface area contributed by atoms with Gasteiger partial charge < -0.3 is 0 Å². The highest BCUT2D eigenvalue weighted by Gasteiger charge is 2.01. The average Bonchev–Trinajstić information content (AvgIpc) is 2.19. The van der Waals surface area contributed by atoms with Crippen LogP contribution in [0.2, 0.25) is 0 Å². The SMILES string of the molecule is CCCCCCC(C)CCCCCBr. The zero-order chi connectivity index (χ0) is 10.6. The Labute approximate surface area is 99.0 Å². The quantitative estimate of drug-likeness (QED) is 0.358. The molecule has 0 N–H and O–H groups in total. The molecule has 0 aromatic heterocycles. The zero-order valence-electron chi connectivity index (χ0n) is 10.0. The van der Waals surface area contributed by atoms with Crippen molar-refractivity contribution in [3.05, 3.63) is 0 Å². The normalized spacial score (nSPS) is 13.1. The van der Waals surface area contributed by atoms with Crippen molar-refractivity contribution in [1.82, 2.24) is 0 Å². The molecular formula is C13H27Br. The molecule has 0 saturated heterocycles. The van der Waals surface area contributed by atoms with Crippen LogP contribution in [0, 0.1) is 5.92 Å². The molecule has 0 fully saturated rings. The van der Waals surface area contributed by atoms with Crippen LogP contribution in [-0.2, 0) is 0 Å². The van der Waals surface area contributed by atoms with Crippen molar-refractivity contribution in [2.75, 3.05) is 5.33 Å². The highest BCUT2D eigenvalue weighted by Crippen LogP contribution is 2.17. The summed E-state index contributed by atoms with van der Waals surface area (Å²) in [5.74, 6) is 0.960. The van der Waals surface area contributed by atoms with Gasteiger partial charge in [0.15, 0.2) is 0 Å². The first kappa shape index (κ1) is 14.5. The van der Waals surface area contributed by atoms with Gasteiger partial charge in [-0.1, -0.05) is 81.1 Å². The third-order valence-corrected chi connectivity index (χ3v) is 3.44. The van der Waals surface area contributed by atoms with Crippen LogP contribution in [0.5, 0.6) is 0 Å². The van der Waals surface area contributed by atoms with E-state index in [2.05, 4.69) is 29.8 Å². The number of hydrogen-bond acceptors (Lipinski definition) is 0. The van der Waals surface area contributed by atoms with Gasteiger partial charge >= 0.3 is 0 Å². The van der Waals surface area contributed by atoms with Gasteiger partial charge in [0.25, 0.3) is 0 Å². The van der Waals surface area contributed by atoms with Crippen LogP contribution in [0.3, 0.4) is 0 Å². The average molecular weight is 263 g/mol. The molecule has 86 valence electrons. The van der Waals surface area contributed by atoms with Crippen molar-refractivity contribution in [3.63, 3.8) is 0 Å². The molecule has 0 aromatic rings. The molecule has 1 unspecified atom stereocenters. The topological polar surface area (TPSA) is 0 Å². The van der Waals surface area contributed by atoms with E-state index in [-0.39, 0.29) is 0 Å². The van der Waals surface area contributed by atoms with Crippen LogP contribution in [-0.4, -0.2) is 5.33 Å². The Balaban J connectivity index is 3.07. The largest absolute Gasteiger partial charge is 0.0928 e. The molecule has 0 aromatic carbocycles. The monoisotopic (exact) mass is 262 g/mol. The first-order chi connectivity index (χ1) is 6.81. The van der Waals surface area contributed by atoms with Gasteiger partial charge in [0.05, 0.1) is 0 Å². The van der Waals surface area contributed by atoms with E-state index < -0.39 is 0 Å². The third-order valence-electron chi connectivity index (χ3n) is 2.88. The van der Waals surface area contributed by atoms with Gasteiger partial charge in [0.2, 0.25) is 0 Å². The van der Waals surface area contributed by atoms with Crippen molar-refractivity contribution < 1.29 is 0 Å². The van der Waals surface area contributed by atoms with Gasteiger partial charge in [-0.3, -0.25) is 0 Å². The molecule has 1 atom stereocenters. The van der Waals surface area contributed by atoms with Gasteiger partial charge in [-0.15, -0.1) is 0 Å². The van der Waals surface area contributed by atoms with E-state index >= 15 is 0 Å². The van der Waals surface area contributed by atoms with E-state index in [4.69, 9.17) is 0 Å². The standard InChI is InChI=1S/C13H27Br/c1-3-4-5-7-10-13(2)11-8-6-9-12-14/h13H,3-12H2,1-2H3. The maximum absolute atomic E-state index is 3.48. The smallest absolute Gasteiger partial charge is 0.00313 e. The maximum Gasteiger partial charge on any atom is 0.00313 e. The van der Waals surface area contributed by atoms with E-state index in [1.165, 1.54) is 63.1 Å². The number of rotatable bonds is 10. The van der Waals surface area contributed by atoms with Crippen LogP contribution < -0.4 is 0 Å². The van der Waals surface area contributed by atoms with Crippen molar-refractivity contribution >= 4 is 15.9 Å². The molecule has 0 spiro atoms. The third kappa shape index (κ3) is 10.6. The molecule has 0 aliphatic carbocycles. The summed E-state index contributed by atoms with van der Waals surface area (Å²) in [6.07, 6.45) is 12.8. The van der Waals surface area contributed by atoms with E-state index in [1.54, 1.807) is 0 Å². The summed E-state index contributed by atoms with van der Waals surface area (Å²) in [6.45, 7) is 4.70. The Morgan fingerprint density at radius 2 is 1.43 bits per heavy atom. The van der Waals surface area contributed by atoms with Gasteiger partial charge in [-0.2, -0.15) is 0 Å². The summed E-state index contributed by atoms with van der Waals surface area (Å²) in [5.41, 5.74) is 0. The molecule has 1 heteroatoms. The molecule has 0 heterocycles. The lowest BCUT2D eigenvalue weighted by atomic mass is 9.97. The van der Waals surface area contributed by atoms with E-state index in [0.29, 0.717) is 0 Å². The van der Waals surface area contributed by atoms with Crippen molar-refractivity contribution in [2.45, 2.75) is 71.6 Å². The molecule has 0 amide bonds. The number of alkyl halides is 1. The van der Waals surface area contributed by atoms with Gasteiger partial charge in [-0.05, 0) is 12.3 Å². The molecule has 14 heavy (non-hydrogen) atoms. The van der Waals surface area contributed by atoms with Crippen LogP contribution in [0.1, 0.15) is 71.6 Å². The highest BCUT2D eigenvalue weighted by molar-refractivity contribution is 9.09. The molecule has 0 rings (SSSR count). The van der Waals surface area contributed by atoms with E-state index in [1.807, 2.05) is 0 Å². The number of halogens is 1. The minimum atomic E-state index is 0.960. The fraction of sp³-hybridized carbons (Fsp3) is 1.00. The molecule has 0 radical (unpaired) electrons. The van der Waals surface area contributed by atoms with Gasteiger partial charge in [0.1, 0.15) is 0 Å². The highest BCUT2D eigenvalue weighted by atomic mass is 79.9. The Morgan fingerprint density at radius 1 is 0.857 bits per heavy atom. The second-order valence-electron chi connectivity index (χ2n) is 4.49. The summed E-state index contributed by atoms with van der Waals surface area (Å²) >= 11 is 3.48. The summed E-state index contributed by atoms with van der Waals surface area (Å²) in [6, 6.07) is 0. The van der Waals surface area contributed by atoms with Crippen LogP contribution >= 0.6 is 15.9 Å². The van der Waals surface area contributed by atoms with E-state index in [0.717, 1.165) is 5.92 Å². The van der Waals surface area contributed by atoms with Gasteiger partial charge in [0, 0.05) is 5.33 Å². The van der Waals surface area contributed by atoms with E-state index in [9.17, 15) is 0 Å². The fourth-order valence-electron chi connectivity index (χ4n) is 1.83.